The minimum atomic E-state index is 0.721. The predicted molar refractivity (Wildman–Crippen MR) is 84.3 cm³/mol. The van der Waals surface area contributed by atoms with Gasteiger partial charge in [-0.05, 0) is 6.42 Å². The molecule has 0 atom stereocenters. The fourth-order valence-corrected chi connectivity index (χ4v) is 3.31. The molecule has 0 radical (unpaired) electrons. The van der Waals surface area contributed by atoms with Crippen LogP contribution in [0.4, 0.5) is 5.82 Å². The van der Waals surface area contributed by atoms with Crippen LogP contribution in [0.5, 0.6) is 0 Å². The fraction of sp³-hybridized carbons (Fsp3) is 0.643. The lowest BCUT2D eigenvalue weighted by molar-refractivity contribution is 0.152. The number of nitrogens with one attached hydrogen (secondary N) is 1. The molecule has 1 aliphatic rings. The zero-order valence-electron chi connectivity index (χ0n) is 12.4. The molecule has 2 aromatic rings. The van der Waals surface area contributed by atoms with Crippen LogP contribution < -0.4 is 10.2 Å². The lowest BCUT2D eigenvalue weighted by Crippen LogP contribution is -2.28. The summed E-state index contributed by atoms with van der Waals surface area (Å²) >= 11 is 1.68. The third-order valence-electron chi connectivity index (χ3n) is 3.64. The van der Waals surface area contributed by atoms with Crippen molar-refractivity contribution in [3.63, 3.8) is 0 Å². The Hall–Kier alpha value is -1.15. The van der Waals surface area contributed by atoms with Crippen molar-refractivity contribution in [2.75, 3.05) is 51.5 Å². The SMILES string of the molecule is COCCNCc1c(N2CCCOCC2)nc2sccn12. The van der Waals surface area contributed by atoms with Gasteiger partial charge in [-0.1, -0.05) is 0 Å². The average Bonchev–Trinajstić information content (AvgIpc) is 2.96. The minimum Gasteiger partial charge on any atom is -0.383 e. The van der Waals surface area contributed by atoms with Gasteiger partial charge in [0.25, 0.3) is 0 Å². The number of anilines is 1. The molecule has 3 rings (SSSR count). The first-order valence-electron chi connectivity index (χ1n) is 7.37. The number of hydrogen-bond acceptors (Lipinski definition) is 6. The van der Waals surface area contributed by atoms with Crippen LogP contribution in [0.1, 0.15) is 12.1 Å². The van der Waals surface area contributed by atoms with E-state index in [1.54, 1.807) is 18.4 Å². The van der Waals surface area contributed by atoms with E-state index in [-0.39, 0.29) is 0 Å². The third kappa shape index (κ3) is 3.37. The van der Waals surface area contributed by atoms with Crippen LogP contribution in [0.2, 0.25) is 0 Å². The van der Waals surface area contributed by atoms with E-state index in [4.69, 9.17) is 14.5 Å². The van der Waals surface area contributed by atoms with E-state index in [1.165, 1.54) is 5.69 Å². The Kier molecular flexibility index (Phi) is 5.08. The monoisotopic (exact) mass is 310 g/mol. The van der Waals surface area contributed by atoms with Crippen molar-refractivity contribution < 1.29 is 9.47 Å². The number of imidazole rings is 1. The highest BCUT2D eigenvalue weighted by Crippen LogP contribution is 2.25. The smallest absolute Gasteiger partial charge is 0.195 e. The zero-order chi connectivity index (χ0) is 14.5. The molecular weight excluding hydrogens is 288 g/mol. The van der Waals surface area contributed by atoms with Crippen LogP contribution >= 0.6 is 11.3 Å². The van der Waals surface area contributed by atoms with Crippen molar-refractivity contribution >= 4 is 22.1 Å². The van der Waals surface area contributed by atoms with Gasteiger partial charge < -0.3 is 19.7 Å². The van der Waals surface area contributed by atoms with E-state index < -0.39 is 0 Å². The van der Waals surface area contributed by atoms with Crippen molar-refractivity contribution in [2.24, 2.45) is 0 Å². The summed E-state index contributed by atoms with van der Waals surface area (Å²) in [6, 6.07) is 0. The van der Waals surface area contributed by atoms with Gasteiger partial charge in [0.2, 0.25) is 0 Å². The quantitative estimate of drug-likeness (QED) is 0.817. The maximum absolute atomic E-state index is 5.55. The van der Waals surface area contributed by atoms with Gasteiger partial charge in [0.15, 0.2) is 10.8 Å². The van der Waals surface area contributed by atoms with Gasteiger partial charge in [-0.2, -0.15) is 0 Å². The van der Waals surface area contributed by atoms with Crippen LogP contribution in [-0.2, 0) is 16.0 Å². The number of rotatable bonds is 6. The molecule has 2 aromatic heterocycles. The van der Waals surface area contributed by atoms with Crippen molar-refractivity contribution in [1.29, 1.82) is 0 Å². The molecule has 116 valence electrons. The number of ether oxygens (including phenoxy) is 2. The van der Waals surface area contributed by atoms with Crippen molar-refractivity contribution in [3.05, 3.63) is 17.3 Å². The van der Waals surface area contributed by atoms with E-state index in [0.717, 1.165) is 63.2 Å². The molecule has 3 heterocycles. The molecular formula is C14H22N4O2S. The van der Waals surface area contributed by atoms with Gasteiger partial charge in [-0.15, -0.1) is 11.3 Å². The first-order chi connectivity index (χ1) is 10.4. The van der Waals surface area contributed by atoms with Crippen LogP contribution in [-0.4, -0.2) is 55.9 Å². The molecule has 1 fully saturated rings. The van der Waals surface area contributed by atoms with E-state index >= 15 is 0 Å². The van der Waals surface area contributed by atoms with Gasteiger partial charge in [0.05, 0.1) is 18.9 Å². The fourth-order valence-electron chi connectivity index (χ4n) is 2.58. The first kappa shape index (κ1) is 14.8. The topological polar surface area (TPSA) is 51.0 Å². The first-order valence-corrected chi connectivity index (χ1v) is 8.25. The summed E-state index contributed by atoms with van der Waals surface area (Å²) in [5.41, 5.74) is 1.23. The van der Waals surface area contributed by atoms with Gasteiger partial charge in [0.1, 0.15) is 0 Å². The van der Waals surface area contributed by atoms with Crippen LogP contribution in [0.25, 0.3) is 4.96 Å². The number of aromatic nitrogens is 2. The van der Waals surface area contributed by atoms with Gasteiger partial charge in [-0.3, -0.25) is 4.40 Å². The second-order valence-electron chi connectivity index (χ2n) is 5.06. The van der Waals surface area contributed by atoms with Crippen molar-refractivity contribution in [2.45, 2.75) is 13.0 Å². The molecule has 7 heteroatoms. The summed E-state index contributed by atoms with van der Waals surface area (Å²) in [6.07, 6.45) is 3.15. The molecule has 0 spiro atoms. The van der Waals surface area contributed by atoms with Crippen molar-refractivity contribution in [1.82, 2.24) is 14.7 Å². The second kappa shape index (κ2) is 7.22. The highest BCUT2D eigenvalue weighted by atomic mass is 32.1. The summed E-state index contributed by atoms with van der Waals surface area (Å²) in [7, 11) is 1.72. The molecule has 0 aromatic carbocycles. The summed E-state index contributed by atoms with van der Waals surface area (Å²) in [5, 5.41) is 5.51. The molecule has 6 nitrogen and oxygen atoms in total. The molecule has 1 saturated heterocycles. The molecule has 0 bridgehead atoms. The number of nitrogens with zero attached hydrogens (tertiary/aromatic N) is 3. The lowest BCUT2D eigenvalue weighted by Gasteiger charge is -2.21. The summed E-state index contributed by atoms with van der Waals surface area (Å²) in [6.45, 7) is 5.91. The van der Waals surface area contributed by atoms with Crippen molar-refractivity contribution in [3.8, 4) is 0 Å². The number of hydrogen-bond donors (Lipinski definition) is 1. The van der Waals surface area contributed by atoms with Gasteiger partial charge >= 0.3 is 0 Å². The molecule has 0 saturated carbocycles. The number of thiazole rings is 1. The maximum Gasteiger partial charge on any atom is 0.195 e. The molecule has 0 amide bonds. The zero-order valence-corrected chi connectivity index (χ0v) is 13.2. The summed E-state index contributed by atoms with van der Waals surface area (Å²) in [4.78, 5) is 8.22. The highest BCUT2D eigenvalue weighted by molar-refractivity contribution is 7.15. The molecule has 1 N–H and O–H groups in total. The van der Waals surface area contributed by atoms with Gasteiger partial charge in [-0.25, -0.2) is 4.98 Å². The van der Waals surface area contributed by atoms with Crippen LogP contribution in [0.15, 0.2) is 11.6 Å². The molecule has 1 aliphatic heterocycles. The lowest BCUT2D eigenvalue weighted by atomic mass is 10.3. The summed E-state index contributed by atoms with van der Waals surface area (Å²) in [5.74, 6) is 1.09. The number of fused-ring (bicyclic) bond motifs is 1. The largest absolute Gasteiger partial charge is 0.383 e. The normalized spacial score (nSPS) is 16.5. The van der Waals surface area contributed by atoms with E-state index in [1.807, 2.05) is 0 Å². The summed E-state index contributed by atoms with van der Waals surface area (Å²) < 4.78 is 12.8. The Morgan fingerprint density at radius 1 is 1.43 bits per heavy atom. The Balaban J connectivity index is 1.80. The predicted octanol–water partition coefficient (Wildman–Crippen LogP) is 1.36. The van der Waals surface area contributed by atoms with Crippen LogP contribution in [0.3, 0.4) is 0 Å². The second-order valence-corrected chi connectivity index (χ2v) is 5.93. The molecule has 21 heavy (non-hydrogen) atoms. The maximum atomic E-state index is 5.55. The third-order valence-corrected chi connectivity index (χ3v) is 4.39. The minimum absolute atomic E-state index is 0.721. The van der Waals surface area contributed by atoms with E-state index in [9.17, 15) is 0 Å². The Morgan fingerprint density at radius 2 is 2.38 bits per heavy atom. The standard InChI is InChI=1S/C14H22N4O2S/c1-19-8-3-15-11-12-13(16-14-18(12)6-10-21-14)17-4-2-7-20-9-5-17/h6,10,15H,2-5,7-9,11H2,1H3. The molecule has 0 aliphatic carbocycles. The average molecular weight is 310 g/mol. The number of methoxy groups -OCH3 is 1. The van der Waals surface area contributed by atoms with E-state index in [2.05, 4.69) is 26.2 Å². The molecule has 0 unspecified atom stereocenters. The van der Waals surface area contributed by atoms with E-state index in [0.29, 0.717) is 0 Å². The van der Waals surface area contributed by atoms with Gasteiger partial charge in [0, 0.05) is 51.5 Å². The Morgan fingerprint density at radius 3 is 3.29 bits per heavy atom. The van der Waals surface area contributed by atoms with Crippen LogP contribution in [0, 0.1) is 0 Å². The highest BCUT2D eigenvalue weighted by Gasteiger charge is 2.19. The Bertz CT molecular complexity index is 560. The Labute approximate surface area is 128 Å².